The predicted octanol–water partition coefficient (Wildman–Crippen LogP) is 10.5. The van der Waals surface area contributed by atoms with Crippen LogP contribution in [0.4, 0.5) is 25.2 Å². The second-order valence-corrected chi connectivity index (χ2v) is 17.7. The molecule has 0 N–H and O–H groups in total. The Balaban J connectivity index is 0.000000617. The van der Waals surface area contributed by atoms with Crippen molar-refractivity contribution in [2.45, 2.75) is 46.1 Å². The Morgan fingerprint density at radius 1 is 0.826 bits per heavy atom. The standard InChI is InChI=1S/C35H40O3P.F6P/c1-25(2)31-21-20-26(3)22-33(31)38-35(36)24-39(29-15-6-5-7-16-29,30-17-11-14-28(23-30)37-4)34-19-10-13-27-12-8-9-18-32(27)34;1-7(2,3,4,5)6/h5-19,23,25-26,31,33H,20-22,24H2,1-4H3;/q+1;-1/t26-,31+,33-,39?;/m1./s1. The van der Waals surface area contributed by atoms with E-state index in [9.17, 15) is 30.0 Å². The Morgan fingerprint density at radius 2 is 1.41 bits per heavy atom. The number of esters is 1. The number of hydrogen-bond donors (Lipinski definition) is 0. The molecule has 1 unspecified atom stereocenters. The number of carbonyl (C=O) groups is 1. The second kappa shape index (κ2) is 13.2. The van der Waals surface area contributed by atoms with E-state index >= 15 is 0 Å². The van der Waals surface area contributed by atoms with Crippen molar-refractivity contribution in [1.82, 2.24) is 0 Å². The third kappa shape index (κ3) is 9.68. The van der Waals surface area contributed by atoms with Crippen LogP contribution in [0.2, 0.25) is 0 Å². The van der Waals surface area contributed by atoms with Crippen LogP contribution in [0.1, 0.15) is 40.0 Å². The van der Waals surface area contributed by atoms with Gasteiger partial charge in [0.05, 0.1) is 7.11 Å². The number of hydrogen-bond acceptors (Lipinski definition) is 3. The summed E-state index contributed by atoms with van der Waals surface area (Å²) >= 11 is 0. The van der Waals surface area contributed by atoms with Gasteiger partial charge in [0.15, 0.2) is 6.16 Å². The molecule has 1 aliphatic rings. The minimum atomic E-state index is -10.7. The average Bonchev–Trinajstić information content (AvgIpc) is 2.98. The first kappa shape index (κ1) is 35.7. The van der Waals surface area contributed by atoms with Gasteiger partial charge in [0.1, 0.15) is 35.0 Å². The SMILES string of the molecule is COc1cccc([P+](CC(=O)O[C@@H]2C[C@H](C)CC[C@H]2C(C)C)(c2ccccc2)c2cccc3ccccc23)c1.F[P-](F)(F)(F)(F)F. The molecule has 4 atom stereocenters. The fourth-order valence-corrected chi connectivity index (χ4v) is 10.6. The van der Waals surface area contributed by atoms with Crippen LogP contribution in [0.3, 0.4) is 0 Å². The van der Waals surface area contributed by atoms with Gasteiger partial charge in [-0.25, -0.2) is 4.79 Å². The summed E-state index contributed by atoms with van der Waals surface area (Å²) in [6.07, 6.45) is 3.55. The molecule has 0 amide bonds. The van der Waals surface area contributed by atoms with Gasteiger partial charge in [-0.3, -0.25) is 0 Å². The number of halogens is 6. The van der Waals surface area contributed by atoms with Crippen LogP contribution in [0.5, 0.6) is 5.75 Å². The van der Waals surface area contributed by atoms with Gasteiger partial charge < -0.3 is 9.47 Å². The summed E-state index contributed by atoms with van der Waals surface area (Å²) in [7, 11) is -11.4. The number of methoxy groups -OCH3 is 1. The second-order valence-electron chi connectivity index (χ2n) is 12.3. The van der Waals surface area contributed by atoms with Gasteiger partial charge in [-0.05, 0) is 66.3 Å². The van der Waals surface area contributed by atoms with Crippen molar-refractivity contribution < 1.29 is 39.4 Å². The summed E-state index contributed by atoms with van der Waals surface area (Å²) in [5, 5.41) is 5.85. The number of benzene rings is 4. The van der Waals surface area contributed by atoms with Crippen molar-refractivity contribution in [1.29, 1.82) is 0 Å². The molecular weight excluding hydrogens is 644 g/mol. The summed E-state index contributed by atoms with van der Waals surface area (Å²) in [4.78, 5) is 14.2. The number of fused-ring (bicyclic) bond motifs is 1. The molecule has 250 valence electrons. The maximum atomic E-state index is 14.2. The zero-order valence-corrected chi connectivity index (χ0v) is 28.1. The number of ether oxygens (including phenoxy) is 2. The fourth-order valence-electron chi connectivity index (χ4n) is 6.42. The van der Waals surface area contributed by atoms with Gasteiger partial charge >= 0.3 is 39.0 Å². The van der Waals surface area contributed by atoms with Crippen molar-refractivity contribution in [3.63, 3.8) is 0 Å². The molecule has 0 aliphatic heterocycles. The van der Waals surface area contributed by atoms with Gasteiger partial charge in [-0.2, -0.15) is 0 Å². The molecule has 11 heteroatoms. The molecule has 0 aromatic heterocycles. The van der Waals surface area contributed by atoms with Crippen LogP contribution >= 0.6 is 15.1 Å². The Morgan fingerprint density at radius 3 is 2.07 bits per heavy atom. The van der Waals surface area contributed by atoms with Crippen LogP contribution in [0, 0.1) is 17.8 Å². The van der Waals surface area contributed by atoms with Crippen LogP contribution in [0.15, 0.2) is 97.1 Å². The Labute approximate surface area is 266 Å². The molecule has 0 heterocycles. The van der Waals surface area contributed by atoms with E-state index in [-0.39, 0.29) is 12.1 Å². The van der Waals surface area contributed by atoms with Crippen molar-refractivity contribution in [2.24, 2.45) is 17.8 Å². The third-order valence-corrected chi connectivity index (χ3v) is 12.8. The Hall–Kier alpha value is -3.15. The normalized spacial score (nSPS) is 21.2. The number of carbonyl (C=O) groups excluding carboxylic acids is 1. The van der Waals surface area contributed by atoms with Gasteiger partial charge in [0, 0.05) is 11.5 Å². The van der Waals surface area contributed by atoms with Crippen molar-refractivity contribution in [3.8, 4) is 5.75 Å². The quantitative estimate of drug-likeness (QED) is 0.105. The molecule has 0 saturated heterocycles. The predicted molar refractivity (Wildman–Crippen MR) is 179 cm³/mol. The van der Waals surface area contributed by atoms with E-state index in [1.807, 2.05) is 18.2 Å². The van der Waals surface area contributed by atoms with Crippen LogP contribution in [-0.2, 0) is 9.53 Å². The number of rotatable bonds is 8. The molecule has 4 aromatic carbocycles. The van der Waals surface area contributed by atoms with Crippen molar-refractivity contribution in [2.75, 3.05) is 13.3 Å². The summed E-state index contributed by atoms with van der Waals surface area (Å²) in [5.74, 6) is 2.16. The Kier molecular flexibility index (Phi) is 10.2. The zero-order valence-electron chi connectivity index (χ0n) is 26.3. The van der Waals surface area contributed by atoms with Gasteiger partial charge in [0.25, 0.3) is 0 Å². The molecule has 0 bridgehead atoms. The molecule has 5 rings (SSSR count). The molecule has 46 heavy (non-hydrogen) atoms. The molecule has 4 aromatic rings. The molecule has 1 aliphatic carbocycles. The van der Waals surface area contributed by atoms with E-state index in [0.717, 1.165) is 23.9 Å². The van der Waals surface area contributed by atoms with Gasteiger partial charge in [-0.15, -0.1) is 0 Å². The minimum absolute atomic E-state index is 0.0308. The van der Waals surface area contributed by atoms with Crippen molar-refractivity contribution in [3.05, 3.63) is 97.1 Å². The first-order valence-corrected chi connectivity index (χ1v) is 19.2. The van der Waals surface area contributed by atoms with Gasteiger partial charge in [0.2, 0.25) is 0 Å². The summed E-state index contributed by atoms with van der Waals surface area (Å²) in [6, 6.07) is 33.9. The van der Waals surface area contributed by atoms with Gasteiger partial charge in [-0.1, -0.05) is 87.9 Å². The van der Waals surface area contributed by atoms with E-state index in [1.165, 1.54) is 27.8 Å². The van der Waals surface area contributed by atoms with Crippen LogP contribution in [0.25, 0.3) is 10.8 Å². The Bertz CT molecular complexity index is 1630. The monoisotopic (exact) mass is 684 g/mol. The van der Waals surface area contributed by atoms with Crippen LogP contribution < -0.4 is 20.7 Å². The van der Waals surface area contributed by atoms with E-state index < -0.39 is 15.1 Å². The zero-order chi connectivity index (χ0) is 33.8. The van der Waals surface area contributed by atoms with E-state index in [4.69, 9.17) is 9.47 Å². The fraction of sp³-hybridized carbons (Fsp3) is 0.343. The molecular formula is C35H40F6O3P2. The molecule has 1 fully saturated rings. The maximum absolute atomic E-state index is 14.2. The van der Waals surface area contributed by atoms with Crippen molar-refractivity contribution >= 4 is 47.7 Å². The topological polar surface area (TPSA) is 35.5 Å². The molecule has 1 saturated carbocycles. The van der Waals surface area contributed by atoms with E-state index in [0.29, 0.717) is 23.9 Å². The van der Waals surface area contributed by atoms with E-state index in [1.54, 1.807) is 7.11 Å². The first-order chi connectivity index (χ1) is 21.4. The summed E-state index contributed by atoms with van der Waals surface area (Å²) < 4.78 is 71.4. The third-order valence-electron chi connectivity index (χ3n) is 8.48. The average molecular weight is 685 g/mol. The summed E-state index contributed by atoms with van der Waals surface area (Å²) in [5.41, 5.74) is 0. The van der Waals surface area contributed by atoms with E-state index in [2.05, 4.69) is 99.6 Å². The first-order valence-electron chi connectivity index (χ1n) is 15.2. The molecule has 0 spiro atoms. The van der Waals surface area contributed by atoms with Crippen LogP contribution in [-0.4, -0.2) is 25.3 Å². The summed E-state index contributed by atoms with van der Waals surface area (Å²) in [6.45, 7) is 6.80. The molecule has 0 radical (unpaired) electrons. The molecule has 3 nitrogen and oxygen atoms in total.